The predicted molar refractivity (Wildman–Crippen MR) is 97.3 cm³/mol. The molecule has 1 aliphatic rings. The van der Waals surface area contributed by atoms with Crippen LogP contribution in [0, 0.1) is 0 Å². The molecule has 0 amide bonds. The fraction of sp³-hybridized carbons (Fsp3) is 0.333. The van der Waals surface area contributed by atoms with Crippen LogP contribution in [-0.4, -0.2) is 40.7 Å². The van der Waals surface area contributed by atoms with Crippen LogP contribution in [0.1, 0.15) is 5.82 Å². The SMILES string of the molecule is Cn1c(CN)nc2cc(N3CCN(c4ccccn4)CC3)ccc21. The molecule has 6 nitrogen and oxygen atoms in total. The Bertz CT molecular complexity index is 833. The van der Waals surface area contributed by atoms with Gasteiger partial charge >= 0.3 is 0 Å². The highest BCUT2D eigenvalue weighted by molar-refractivity contribution is 5.80. The fourth-order valence-electron chi connectivity index (χ4n) is 3.35. The Hall–Kier alpha value is -2.60. The van der Waals surface area contributed by atoms with Crippen molar-refractivity contribution in [2.24, 2.45) is 12.8 Å². The zero-order valence-corrected chi connectivity index (χ0v) is 13.9. The van der Waals surface area contributed by atoms with Crippen LogP contribution in [0.2, 0.25) is 0 Å². The molecule has 0 atom stereocenters. The van der Waals surface area contributed by atoms with Crippen molar-refractivity contribution in [3.05, 3.63) is 48.4 Å². The molecule has 1 saturated heterocycles. The highest BCUT2D eigenvalue weighted by Gasteiger charge is 2.19. The first kappa shape index (κ1) is 15.0. The molecule has 24 heavy (non-hydrogen) atoms. The maximum absolute atomic E-state index is 5.76. The molecule has 124 valence electrons. The van der Waals surface area contributed by atoms with E-state index in [0.717, 1.165) is 48.9 Å². The van der Waals surface area contributed by atoms with Gasteiger partial charge in [-0.3, -0.25) is 0 Å². The number of aryl methyl sites for hydroxylation is 1. The van der Waals surface area contributed by atoms with E-state index < -0.39 is 0 Å². The number of nitrogens with zero attached hydrogens (tertiary/aromatic N) is 5. The lowest BCUT2D eigenvalue weighted by Gasteiger charge is -2.36. The lowest BCUT2D eigenvalue weighted by molar-refractivity contribution is 0.648. The minimum absolute atomic E-state index is 0.462. The Labute approximate surface area is 141 Å². The van der Waals surface area contributed by atoms with Crippen molar-refractivity contribution in [2.75, 3.05) is 36.0 Å². The van der Waals surface area contributed by atoms with Crippen molar-refractivity contribution in [3.8, 4) is 0 Å². The van der Waals surface area contributed by atoms with Crippen LogP contribution in [0.3, 0.4) is 0 Å². The van der Waals surface area contributed by atoms with Crippen LogP contribution in [0.15, 0.2) is 42.6 Å². The Morgan fingerprint density at radius 1 is 1.04 bits per heavy atom. The summed E-state index contributed by atoms with van der Waals surface area (Å²) in [6.07, 6.45) is 1.85. The first-order valence-electron chi connectivity index (χ1n) is 8.32. The van der Waals surface area contributed by atoms with Crippen LogP contribution >= 0.6 is 0 Å². The molecule has 0 radical (unpaired) electrons. The summed E-state index contributed by atoms with van der Waals surface area (Å²) in [5.74, 6) is 1.98. The van der Waals surface area contributed by atoms with E-state index in [-0.39, 0.29) is 0 Å². The Balaban J connectivity index is 1.52. The molecule has 2 N–H and O–H groups in total. The number of hydrogen-bond donors (Lipinski definition) is 1. The van der Waals surface area contributed by atoms with Crippen molar-refractivity contribution < 1.29 is 0 Å². The lowest BCUT2D eigenvalue weighted by atomic mass is 10.2. The zero-order chi connectivity index (χ0) is 16.5. The smallest absolute Gasteiger partial charge is 0.128 e. The highest BCUT2D eigenvalue weighted by atomic mass is 15.3. The van der Waals surface area contributed by atoms with Gasteiger partial charge in [0.05, 0.1) is 17.6 Å². The van der Waals surface area contributed by atoms with E-state index in [1.165, 1.54) is 5.69 Å². The maximum atomic E-state index is 5.76. The molecule has 1 aromatic carbocycles. The molecular formula is C18H22N6. The van der Waals surface area contributed by atoms with E-state index in [0.29, 0.717) is 6.54 Å². The van der Waals surface area contributed by atoms with E-state index in [1.54, 1.807) is 0 Å². The Morgan fingerprint density at radius 2 is 1.83 bits per heavy atom. The molecule has 6 heteroatoms. The second kappa shape index (κ2) is 6.13. The van der Waals surface area contributed by atoms with Crippen LogP contribution < -0.4 is 15.5 Å². The van der Waals surface area contributed by atoms with Gasteiger partial charge < -0.3 is 20.1 Å². The van der Waals surface area contributed by atoms with Gasteiger partial charge in [0, 0.05) is 45.1 Å². The molecule has 4 rings (SSSR count). The predicted octanol–water partition coefficient (Wildman–Crippen LogP) is 1.75. The van der Waals surface area contributed by atoms with Gasteiger partial charge in [-0.05, 0) is 30.3 Å². The van der Waals surface area contributed by atoms with Gasteiger partial charge in [-0.15, -0.1) is 0 Å². The average Bonchev–Trinajstić information content (AvgIpc) is 2.98. The molecule has 0 aliphatic carbocycles. The first-order valence-corrected chi connectivity index (χ1v) is 8.32. The second-order valence-electron chi connectivity index (χ2n) is 6.13. The standard InChI is InChI=1S/C18H22N6/c1-22-16-6-5-14(12-15(16)21-18(22)13-19)23-8-10-24(11-9-23)17-4-2-3-7-20-17/h2-7,12H,8-11,13,19H2,1H3. The largest absolute Gasteiger partial charge is 0.368 e. The molecule has 3 heterocycles. The van der Waals surface area contributed by atoms with Gasteiger partial charge in [-0.1, -0.05) is 6.07 Å². The second-order valence-corrected chi connectivity index (χ2v) is 6.13. The summed E-state index contributed by atoms with van der Waals surface area (Å²) in [7, 11) is 2.02. The molecule has 1 fully saturated rings. The number of nitrogens with two attached hydrogens (primary N) is 1. The van der Waals surface area contributed by atoms with Gasteiger partial charge in [0.15, 0.2) is 0 Å². The van der Waals surface area contributed by atoms with Crippen LogP contribution in [0.25, 0.3) is 11.0 Å². The lowest BCUT2D eigenvalue weighted by Crippen LogP contribution is -2.46. The van der Waals surface area contributed by atoms with E-state index in [4.69, 9.17) is 5.73 Å². The number of piperazine rings is 1. The normalized spacial score (nSPS) is 15.2. The van der Waals surface area contributed by atoms with Gasteiger partial charge in [-0.25, -0.2) is 9.97 Å². The first-order chi connectivity index (χ1) is 11.8. The topological polar surface area (TPSA) is 63.2 Å². The number of pyridine rings is 1. The summed E-state index contributed by atoms with van der Waals surface area (Å²) in [5, 5.41) is 0. The number of rotatable bonds is 3. The molecule has 0 bridgehead atoms. The minimum atomic E-state index is 0.462. The molecular weight excluding hydrogens is 300 g/mol. The van der Waals surface area contributed by atoms with Crippen LogP contribution in [-0.2, 0) is 13.6 Å². The summed E-state index contributed by atoms with van der Waals surface area (Å²) in [4.78, 5) is 13.8. The fourth-order valence-corrected chi connectivity index (χ4v) is 3.35. The van der Waals surface area contributed by atoms with Crippen LogP contribution in [0.5, 0.6) is 0 Å². The summed E-state index contributed by atoms with van der Waals surface area (Å²) in [6, 6.07) is 12.6. The monoisotopic (exact) mass is 322 g/mol. The number of anilines is 2. The molecule has 0 spiro atoms. The maximum Gasteiger partial charge on any atom is 0.128 e. The van der Waals surface area contributed by atoms with Crippen LogP contribution in [0.4, 0.5) is 11.5 Å². The third kappa shape index (κ3) is 2.59. The number of aromatic nitrogens is 3. The number of hydrogen-bond acceptors (Lipinski definition) is 5. The quantitative estimate of drug-likeness (QED) is 0.796. The third-order valence-corrected chi connectivity index (χ3v) is 4.76. The zero-order valence-electron chi connectivity index (χ0n) is 13.9. The average molecular weight is 322 g/mol. The third-order valence-electron chi connectivity index (χ3n) is 4.76. The highest BCUT2D eigenvalue weighted by Crippen LogP contribution is 2.24. The molecule has 0 unspecified atom stereocenters. The summed E-state index contributed by atoms with van der Waals surface area (Å²) >= 11 is 0. The van der Waals surface area contributed by atoms with Crippen molar-refractivity contribution in [3.63, 3.8) is 0 Å². The van der Waals surface area contributed by atoms with E-state index in [9.17, 15) is 0 Å². The van der Waals surface area contributed by atoms with Crippen molar-refractivity contribution >= 4 is 22.5 Å². The van der Waals surface area contributed by atoms with E-state index >= 15 is 0 Å². The van der Waals surface area contributed by atoms with Gasteiger partial charge in [0.2, 0.25) is 0 Å². The molecule has 2 aromatic heterocycles. The van der Waals surface area contributed by atoms with Crippen molar-refractivity contribution in [2.45, 2.75) is 6.54 Å². The minimum Gasteiger partial charge on any atom is -0.368 e. The number of benzene rings is 1. The van der Waals surface area contributed by atoms with Gasteiger partial charge in [0.1, 0.15) is 11.6 Å². The molecule has 1 aliphatic heterocycles. The van der Waals surface area contributed by atoms with E-state index in [1.807, 2.05) is 25.4 Å². The summed E-state index contributed by atoms with van der Waals surface area (Å²) in [6.45, 7) is 4.39. The molecule has 3 aromatic rings. The summed E-state index contributed by atoms with van der Waals surface area (Å²) < 4.78 is 2.07. The van der Waals surface area contributed by atoms with Crippen molar-refractivity contribution in [1.82, 2.24) is 14.5 Å². The van der Waals surface area contributed by atoms with Gasteiger partial charge in [-0.2, -0.15) is 0 Å². The Morgan fingerprint density at radius 3 is 2.54 bits per heavy atom. The number of imidazole rings is 1. The molecule has 0 saturated carbocycles. The Kier molecular flexibility index (Phi) is 3.82. The van der Waals surface area contributed by atoms with E-state index in [2.05, 4.69) is 48.6 Å². The summed E-state index contributed by atoms with van der Waals surface area (Å²) in [5.41, 5.74) is 9.13. The number of fused-ring (bicyclic) bond motifs is 1. The van der Waals surface area contributed by atoms with Gasteiger partial charge in [0.25, 0.3) is 0 Å². The van der Waals surface area contributed by atoms with Crippen molar-refractivity contribution in [1.29, 1.82) is 0 Å².